The number of aryl methyl sites for hydroxylation is 1. The van der Waals surface area contributed by atoms with Crippen LogP contribution in [0, 0.1) is 11.6 Å². The van der Waals surface area contributed by atoms with Gasteiger partial charge in [-0.25, -0.2) is 13.8 Å². The third kappa shape index (κ3) is 4.40. The Labute approximate surface area is 195 Å². The van der Waals surface area contributed by atoms with Crippen molar-refractivity contribution >= 4 is 16.8 Å². The molecule has 6 nitrogen and oxygen atoms in total. The summed E-state index contributed by atoms with van der Waals surface area (Å²) in [5.74, 6) is 0.468. The van der Waals surface area contributed by atoms with Gasteiger partial charge in [-0.3, -0.25) is 4.79 Å². The molecule has 0 unspecified atom stereocenters. The van der Waals surface area contributed by atoms with Crippen LogP contribution in [0.4, 0.5) is 8.78 Å². The minimum absolute atomic E-state index is 0.0479. The van der Waals surface area contributed by atoms with Crippen LogP contribution in [0.15, 0.2) is 53.2 Å². The number of carbonyl (C=O) groups excluding carboxylic acids is 1. The molecule has 0 radical (unpaired) electrons. The van der Waals surface area contributed by atoms with Crippen LogP contribution in [0.1, 0.15) is 36.6 Å². The predicted molar refractivity (Wildman–Crippen MR) is 124 cm³/mol. The van der Waals surface area contributed by atoms with Crippen LogP contribution in [-0.4, -0.2) is 41.0 Å². The van der Waals surface area contributed by atoms with E-state index in [0.29, 0.717) is 31.3 Å². The van der Waals surface area contributed by atoms with E-state index in [0.717, 1.165) is 30.2 Å². The van der Waals surface area contributed by atoms with Gasteiger partial charge in [0.2, 0.25) is 5.91 Å². The lowest BCUT2D eigenvalue weighted by atomic mass is 9.89. The molecule has 1 N–H and O–H groups in total. The quantitative estimate of drug-likeness (QED) is 0.411. The average molecular weight is 466 g/mol. The average Bonchev–Trinajstić information content (AvgIpc) is 3.49. The third-order valence-electron chi connectivity index (χ3n) is 6.51. The normalized spacial score (nSPS) is 14.6. The van der Waals surface area contributed by atoms with E-state index in [1.165, 1.54) is 29.3 Å². The molecule has 0 bridgehead atoms. The van der Waals surface area contributed by atoms with Gasteiger partial charge in [-0.2, -0.15) is 0 Å². The molecule has 2 aromatic carbocycles. The minimum atomic E-state index is -0.713. The number of rotatable bonds is 6. The molecule has 34 heavy (non-hydrogen) atoms. The van der Waals surface area contributed by atoms with Gasteiger partial charge in [0.05, 0.1) is 18.9 Å². The fraction of sp³-hybridized carbons (Fsp3) is 0.308. The SMILES string of the molecule is COc1ccc2[nH]cc(C3CCN(C(=O)CCc4ncc(-c5ccc(F)cc5F)o4)CC3)c2c1. The number of carbonyl (C=O) groups is 1. The van der Waals surface area contributed by atoms with Crippen LogP contribution < -0.4 is 4.74 Å². The number of hydrogen-bond acceptors (Lipinski definition) is 4. The zero-order valence-electron chi connectivity index (χ0n) is 18.8. The number of methoxy groups -OCH3 is 1. The van der Waals surface area contributed by atoms with Crippen molar-refractivity contribution in [3.05, 3.63) is 71.9 Å². The van der Waals surface area contributed by atoms with Crippen molar-refractivity contribution in [2.75, 3.05) is 20.2 Å². The third-order valence-corrected chi connectivity index (χ3v) is 6.51. The van der Waals surface area contributed by atoms with E-state index in [4.69, 9.17) is 9.15 Å². The largest absolute Gasteiger partial charge is 0.497 e. The number of hydrogen-bond donors (Lipinski definition) is 1. The fourth-order valence-electron chi connectivity index (χ4n) is 4.64. The molecular formula is C26H25F2N3O3. The molecule has 0 atom stereocenters. The van der Waals surface area contributed by atoms with Gasteiger partial charge in [0.1, 0.15) is 17.4 Å². The first kappa shape index (κ1) is 22.1. The van der Waals surface area contributed by atoms with Crippen LogP contribution in [-0.2, 0) is 11.2 Å². The number of benzene rings is 2. The highest BCUT2D eigenvalue weighted by Crippen LogP contribution is 2.35. The number of ether oxygens (including phenoxy) is 1. The maximum atomic E-state index is 14.0. The summed E-state index contributed by atoms with van der Waals surface area (Å²) in [7, 11) is 1.66. The molecule has 1 aliphatic rings. The monoisotopic (exact) mass is 465 g/mol. The standard InChI is InChI=1S/C26H25F2N3O3/c1-33-18-3-5-23-20(13-18)21(14-29-23)16-8-10-31(11-9-16)26(32)7-6-25-30-15-24(34-25)19-4-2-17(27)12-22(19)28/h2-5,12-16,29H,6-11H2,1H3. The topological polar surface area (TPSA) is 71.4 Å². The molecule has 1 aliphatic heterocycles. The lowest BCUT2D eigenvalue weighted by molar-refractivity contribution is -0.132. The molecule has 2 aromatic heterocycles. The van der Waals surface area contributed by atoms with Gasteiger partial charge in [-0.15, -0.1) is 0 Å². The van der Waals surface area contributed by atoms with E-state index in [1.54, 1.807) is 7.11 Å². The molecule has 0 spiro atoms. The minimum Gasteiger partial charge on any atom is -0.497 e. The van der Waals surface area contributed by atoms with Gasteiger partial charge >= 0.3 is 0 Å². The number of nitrogens with one attached hydrogen (secondary N) is 1. The molecule has 1 amide bonds. The van der Waals surface area contributed by atoms with Crippen molar-refractivity contribution in [2.24, 2.45) is 0 Å². The number of aromatic amines is 1. The zero-order valence-corrected chi connectivity index (χ0v) is 18.8. The van der Waals surface area contributed by atoms with Crippen molar-refractivity contribution in [2.45, 2.75) is 31.6 Å². The molecule has 0 aliphatic carbocycles. The summed E-state index contributed by atoms with van der Waals surface area (Å²) in [5.41, 5.74) is 2.49. The molecule has 176 valence electrons. The number of likely N-dealkylation sites (tertiary alicyclic amines) is 1. The first-order valence-corrected chi connectivity index (χ1v) is 11.3. The van der Waals surface area contributed by atoms with E-state index < -0.39 is 11.6 Å². The van der Waals surface area contributed by atoms with Gasteiger partial charge in [-0.1, -0.05) is 0 Å². The Balaban J connectivity index is 1.17. The van der Waals surface area contributed by atoms with Gasteiger partial charge in [-0.05, 0) is 54.7 Å². The Morgan fingerprint density at radius 1 is 1.21 bits per heavy atom. The van der Waals surface area contributed by atoms with Crippen LogP contribution in [0.5, 0.6) is 5.75 Å². The second-order valence-electron chi connectivity index (χ2n) is 8.55. The van der Waals surface area contributed by atoms with Gasteiger partial charge in [0.25, 0.3) is 0 Å². The summed E-state index contributed by atoms with van der Waals surface area (Å²) < 4.78 is 38.1. The predicted octanol–water partition coefficient (Wildman–Crippen LogP) is 5.45. The number of amides is 1. The number of fused-ring (bicyclic) bond motifs is 1. The molecule has 1 saturated heterocycles. The van der Waals surface area contributed by atoms with Crippen molar-refractivity contribution in [3.8, 4) is 17.1 Å². The summed E-state index contributed by atoms with van der Waals surface area (Å²) in [6, 6.07) is 9.30. The van der Waals surface area contributed by atoms with Crippen molar-refractivity contribution in [1.82, 2.24) is 14.9 Å². The summed E-state index contributed by atoms with van der Waals surface area (Å²) >= 11 is 0. The molecule has 1 fully saturated rings. The first-order valence-electron chi connectivity index (χ1n) is 11.3. The number of H-pyrrole nitrogens is 1. The maximum Gasteiger partial charge on any atom is 0.223 e. The Hall–Kier alpha value is -3.68. The molecule has 5 rings (SSSR count). The molecular weight excluding hydrogens is 440 g/mol. The van der Waals surface area contributed by atoms with Crippen molar-refractivity contribution in [1.29, 1.82) is 0 Å². The summed E-state index contributed by atoms with van der Waals surface area (Å²) in [4.78, 5) is 22.1. The second-order valence-corrected chi connectivity index (χ2v) is 8.55. The maximum absolute atomic E-state index is 14.0. The van der Waals surface area contributed by atoms with E-state index in [9.17, 15) is 13.6 Å². The first-order chi connectivity index (χ1) is 16.5. The summed E-state index contributed by atoms with van der Waals surface area (Å²) in [6.07, 6.45) is 5.84. The smallest absolute Gasteiger partial charge is 0.223 e. The number of nitrogens with zero attached hydrogens (tertiary/aromatic N) is 2. The molecule has 4 aromatic rings. The summed E-state index contributed by atoms with van der Waals surface area (Å²) in [6.45, 7) is 1.38. The Bertz CT molecular complexity index is 1320. The van der Waals surface area contributed by atoms with Crippen LogP contribution in [0.2, 0.25) is 0 Å². The van der Waals surface area contributed by atoms with Crippen molar-refractivity contribution < 1.29 is 22.7 Å². The number of piperidine rings is 1. The van der Waals surface area contributed by atoms with Crippen LogP contribution in [0.3, 0.4) is 0 Å². The lowest BCUT2D eigenvalue weighted by Gasteiger charge is -2.32. The highest BCUT2D eigenvalue weighted by atomic mass is 19.1. The highest BCUT2D eigenvalue weighted by molar-refractivity contribution is 5.85. The Kier molecular flexibility index (Phi) is 6.04. The fourth-order valence-corrected chi connectivity index (χ4v) is 4.64. The zero-order chi connectivity index (χ0) is 23.7. The second kappa shape index (κ2) is 9.29. The van der Waals surface area contributed by atoms with Crippen molar-refractivity contribution in [3.63, 3.8) is 0 Å². The number of aromatic nitrogens is 2. The highest BCUT2D eigenvalue weighted by Gasteiger charge is 2.26. The van der Waals surface area contributed by atoms with E-state index in [-0.39, 0.29) is 23.7 Å². The van der Waals surface area contributed by atoms with Gasteiger partial charge in [0, 0.05) is 49.1 Å². The van der Waals surface area contributed by atoms with E-state index in [2.05, 4.69) is 22.2 Å². The van der Waals surface area contributed by atoms with E-state index >= 15 is 0 Å². The number of halogens is 2. The Morgan fingerprint density at radius 3 is 2.79 bits per heavy atom. The van der Waals surface area contributed by atoms with E-state index in [1.807, 2.05) is 17.0 Å². The lowest BCUT2D eigenvalue weighted by Crippen LogP contribution is -2.38. The molecule has 3 heterocycles. The number of oxazole rings is 1. The Morgan fingerprint density at radius 2 is 2.03 bits per heavy atom. The molecule has 0 saturated carbocycles. The van der Waals surface area contributed by atoms with Crippen LogP contribution in [0.25, 0.3) is 22.2 Å². The van der Waals surface area contributed by atoms with Gasteiger partial charge in [0.15, 0.2) is 11.7 Å². The van der Waals surface area contributed by atoms with Gasteiger partial charge < -0.3 is 19.0 Å². The summed E-state index contributed by atoms with van der Waals surface area (Å²) in [5, 5.41) is 1.17. The van der Waals surface area contributed by atoms with Crippen LogP contribution >= 0.6 is 0 Å². The molecule has 8 heteroatoms.